The third-order valence-electron chi connectivity index (χ3n) is 5.54. The molecule has 0 unspecified atom stereocenters. The first kappa shape index (κ1) is 21.7. The smallest absolute Gasteiger partial charge is 0.251 e. The molecule has 0 spiro atoms. The maximum Gasteiger partial charge on any atom is 0.251 e. The first-order valence-corrected chi connectivity index (χ1v) is 10.1. The van der Waals surface area contributed by atoms with Gasteiger partial charge in [-0.1, -0.05) is 6.92 Å². The Balaban J connectivity index is 2.02. The molecular weight excluding hydrogens is 382 g/mol. The van der Waals surface area contributed by atoms with E-state index in [1.165, 1.54) is 0 Å². The van der Waals surface area contributed by atoms with Crippen LogP contribution >= 0.6 is 0 Å². The van der Waals surface area contributed by atoms with Gasteiger partial charge in [-0.3, -0.25) is 9.59 Å². The number of aromatic nitrogens is 2. The van der Waals surface area contributed by atoms with Crippen molar-refractivity contribution >= 4 is 23.5 Å². The topological polar surface area (TPSA) is 107 Å². The zero-order valence-corrected chi connectivity index (χ0v) is 18.0. The SMILES string of the molecule is CC(=O)N1c2ccc(C(=O)NC[C@H](C)O)cc2[C@H](Nc2ncc(C)cn2)[C@@H](C)[C@@H]1C. The zero-order chi connectivity index (χ0) is 22.0. The van der Waals surface area contributed by atoms with E-state index in [1.54, 1.807) is 49.3 Å². The summed E-state index contributed by atoms with van der Waals surface area (Å²) in [5.41, 5.74) is 3.04. The molecule has 1 aliphatic rings. The molecule has 0 aliphatic carbocycles. The maximum absolute atomic E-state index is 12.6. The average Bonchev–Trinajstić information content (AvgIpc) is 2.70. The fourth-order valence-electron chi connectivity index (χ4n) is 3.79. The third kappa shape index (κ3) is 4.43. The molecule has 4 atom stereocenters. The number of carbonyl (C=O) groups is 2. The van der Waals surface area contributed by atoms with E-state index in [2.05, 4.69) is 27.5 Å². The molecule has 0 saturated heterocycles. The first-order chi connectivity index (χ1) is 14.2. The van der Waals surface area contributed by atoms with Gasteiger partial charge in [0.15, 0.2) is 0 Å². The summed E-state index contributed by atoms with van der Waals surface area (Å²) in [4.78, 5) is 35.4. The fourth-order valence-corrected chi connectivity index (χ4v) is 3.79. The van der Waals surface area contributed by atoms with Gasteiger partial charge in [-0.15, -0.1) is 0 Å². The van der Waals surface area contributed by atoms with Crippen molar-refractivity contribution in [2.24, 2.45) is 5.92 Å². The van der Waals surface area contributed by atoms with Crippen molar-refractivity contribution in [2.75, 3.05) is 16.8 Å². The molecular formula is C22H29N5O3. The molecule has 3 N–H and O–H groups in total. The van der Waals surface area contributed by atoms with Crippen LogP contribution in [0.3, 0.4) is 0 Å². The van der Waals surface area contributed by atoms with Crippen LogP contribution in [0.15, 0.2) is 30.6 Å². The van der Waals surface area contributed by atoms with E-state index in [-0.39, 0.29) is 36.4 Å². The van der Waals surface area contributed by atoms with Crippen molar-refractivity contribution in [1.82, 2.24) is 15.3 Å². The number of hydrogen-bond donors (Lipinski definition) is 3. The van der Waals surface area contributed by atoms with Gasteiger partial charge in [0.25, 0.3) is 5.91 Å². The van der Waals surface area contributed by atoms with Crippen LogP contribution in [-0.2, 0) is 4.79 Å². The number of anilines is 2. The number of amides is 2. The Morgan fingerprint density at radius 2 is 1.90 bits per heavy atom. The van der Waals surface area contributed by atoms with E-state index < -0.39 is 6.10 Å². The van der Waals surface area contributed by atoms with Crippen LogP contribution in [0.25, 0.3) is 0 Å². The molecule has 3 rings (SSSR count). The summed E-state index contributed by atoms with van der Waals surface area (Å²) in [5.74, 6) is 0.217. The van der Waals surface area contributed by atoms with Gasteiger partial charge in [-0.2, -0.15) is 0 Å². The summed E-state index contributed by atoms with van der Waals surface area (Å²) in [6.07, 6.45) is 2.86. The number of fused-ring (bicyclic) bond motifs is 1. The number of aryl methyl sites for hydroxylation is 1. The number of aliphatic hydroxyl groups is 1. The van der Waals surface area contributed by atoms with E-state index in [4.69, 9.17) is 0 Å². The van der Waals surface area contributed by atoms with Crippen LogP contribution in [0.5, 0.6) is 0 Å². The van der Waals surface area contributed by atoms with Crippen molar-refractivity contribution in [2.45, 2.75) is 52.8 Å². The zero-order valence-electron chi connectivity index (χ0n) is 18.0. The van der Waals surface area contributed by atoms with Crippen LogP contribution in [0.1, 0.15) is 55.2 Å². The molecule has 0 saturated carbocycles. The number of carbonyl (C=O) groups excluding carboxylic acids is 2. The molecule has 1 aromatic heterocycles. The summed E-state index contributed by atoms with van der Waals surface area (Å²) in [7, 11) is 0. The summed E-state index contributed by atoms with van der Waals surface area (Å²) >= 11 is 0. The van der Waals surface area contributed by atoms with Crippen LogP contribution in [-0.4, -0.2) is 45.6 Å². The number of nitrogens with one attached hydrogen (secondary N) is 2. The Morgan fingerprint density at radius 1 is 1.23 bits per heavy atom. The highest BCUT2D eigenvalue weighted by Gasteiger charge is 2.38. The molecule has 160 valence electrons. The van der Waals surface area contributed by atoms with Crippen LogP contribution in [0, 0.1) is 12.8 Å². The predicted octanol–water partition coefficient (Wildman–Crippen LogP) is 2.44. The van der Waals surface area contributed by atoms with Gasteiger partial charge in [0.2, 0.25) is 11.9 Å². The molecule has 8 heteroatoms. The van der Waals surface area contributed by atoms with Crippen molar-refractivity contribution in [3.05, 3.63) is 47.3 Å². The molecule has 2 aromatic rings. The Labute approximate surface area is 176 Å². The second kappa shape index (κ2) is 8.79. The minimum absolute atomic E-state index is 0.0436. The second-order valence-corrected chi connectivity index (χ2v) is 8.03. The van der Waals surface area contributed by atoms with Gasteiger partial charge in [0.05, 0.1) is 12.1 Å². The van der Waals surface area contributed by atoms with Crippen LogP contribution in [0.2, 0.25) is 0 Å². The van der Waals surface area contributed by atoms with Crippen LogP contribution in [0.4, 0.5) is 11.6 Å². The van der Waals surface area contributed by atoms with Gasteiger partial charge >= 0.3 is 0 Å². The molecule has 2 amide bonds. The quantitative estimate of drug-likeness (QED) is 0.698. The Bertz CT molecular complexity index is 929. The molecule has 0 bridgehead atoms. The fraction of sp³-hybridized carbons (Fsp3) is 0.455. The lowest BCUT2D eigenvalue weighted by Crippen LogP contribution is -2.48. The molecule has 30 heavy (non-hydrogen) atoms. The van der Waals surface area contributed by atoms with Crippen molar-refractivity contribution in [3.63, 3.8) is 0 Å². The lowest BCUT2D eigenvalue weighted by atomic mass is 9.82. The van der Waals surface area contributed by atoms with E-state index in [1.807, 2.05) is 13.8 Å². The van der Waals surface area contributed by atoms with E-state index in [0.29, 0.717) is 11.5 Å². The van der Waals surface area contributed by atoms with Crippen molar-refractivity contribution in [3.8, 4) is 0 Å². The lowest BCUT2D eigenvalue weighted by molar-refractivity contribution is -0.117. The third-order valence-corrected chi connectivity index (χ3v) is 5.54. The van der Waals surface area contributed by atoms with Gasteiger partial charge in [-0.05, 0) is 50.1 Å². The number of benzene rings is 1. The standard InChI is InChI=1S/C22H29N5O3/c1-12-9-24-22(25-10-12)26-20-14(3)15(4)27(16(5)29)19-7-6-17(8-18(19)20)21(30)23-11-13(2)28/h6-10,13-15,20,28H,11H2,1-5H3,(H,23,30)(H,24,25,26)/t13-,14-,15-,20+/m0/s1. The lowest BCUT2D eigenvalue weighted by Gasteiger charge is -2.44. The van der Waals surface area contributed by atoms with Gasteiger partial charge in [0.1, 0.15) is 0 Å². The molecule has 2 heterocycles. The average molecular weight is 412 g/mol. The molecule has 1 aromatic carbocycles. The highest BCUT2D eigenvalue weighted by molar-refractivity contribution is 5.98. The van der Waals surface area contributed by atoms with Crippen molar-refractivity contribution in [1.29, 1.82) is 0 Å². The molecule has 8 nitrogen and oxygen atoms in total. The minimum Gasteiger partial charge on any atom is -0.392 e. The number of aliphatic hydroxyl groups excluding tert-OH is 1. The predicted molar refractivity (Wildman–Crippen MR) is 115 cm³/mol. The Hall–Kier alpha value is -3.00. The van der Waals surface area contributed by atoms with Gasteiger partial charge in [0, 0.05) is 49.1 Å². The first-order valence-electron chi connectivity index (χ1n) is 10.1. The number of rotatable bonds is 5. The second-order valence-electron chi connectivity index (χ2n) is 8.03. The van der Waals surface area contributed by atoms with Crippen molar-refractivity contribution < 1.29 is 14.7 Å². The molecule has 0 radical (unpaired) electrons. The van der Waals surface area contributed by atoms with Gasteiger partial charge < -0.3 is 20.6 Å². The van der Waals surface area contributed by atoms with E-state index >= 15 is 0 Å². The summed E-state index contributed by atoms with van der Waals surface area (Å²) in [5, 5.41) is 15.5. The Morgan fingerprint density at radius 3 is 2.50 bits per heavy atom. The van der Waals surface area contributed by atoms with Gasteiger partial charge in [-0.25, -0.2) is 9.97 Å². The normalized spacial score (nSPS) is 21.5. The number of nitrogens with zero attached hydrogens (tertiary/aromatic N) is 3. The maximum atomic E-state index is 12.6. The van der Waals surface area contributed by atoms with E-state index in [0.717, 1.165) is 16.8 Å². The summed E-state index contributed by atoms with van der Waals surface area (Å²) in [6.45, 7) is 9.34. The molecule has 1 aliphatic heterocycles. The highest BCUT2D eigenvalue weighted by Crippen LogP contribution is 2.42. The Kier molecular flexibility index (Phi) is 6.36. The molecule has 0 fully saturated rings. The summed E-state index contributed by atoms with van der Waals surface area (Å²) < 4.78 is 0. The largest absolute Gasteiger partial charge is 0.392 e. The van der Waals surface area contributed by atoms with Crippen LogP contribution < -0.4 is 15.5 Å². The summed E-state index contributed by atoms with van der Waals surface area (Å²) in [6, 6.07) is 5.08. The van der Waals surface area contributed by atoms with E-state index in [9.17, 15) is 14.7 Å². The monoisotopic (exact) mass is 411 g/mol. The minimum atomic E-state index is -0.631. The number of hydrogen-bond acceptors (Lipinski definition) is 6. The highest BCUT2D eigenvalue weighted by atomic mass is 16.3.